The highest BCUT2D eigenvalue weighted by Gasteiger charge is 2.38. The number of carbonyl (C=O) groups is 1. The minimum absolute atomic E-state index is 0.0387. The summed E-state index contributed by atoms with van der Waals surface area (Å²) in [5.41, 5.74) is 5.54. The first-order valence-electron chi connectivity index (χ1n) is 7.12. The van der Waals surface area contributed by atoms with Gasteiger partial charge < -0.3 is 20.1 Å². The lowest BCUT2D eigenvalue weighted by Crippen LogP contribution is -2.48. The van der Waals surface area contributed by atoms with Gasteiger partial charge in [-0.2, -0.15) is 0 Å². The molecule has 0 bridgehead atoms. The summed E-state index contributed by atoms with van der Waals surface area (Å²) in [6.07, 6.45) is 2.02. The monoisotopic (exact) mass is 306 g/mol. The molecule has 2 N–H and O–H groups in total. The average molecular weight is 306 g/mol. The van der Waals surface area contributed by atoms with Crippen molar-refractivity contribution >= 4 is 23.1 Å². The quantitative estimate of drug-likeness (QED) is 0.835. The number of ether oxygens (including phenoxy) is 2. The van der Waals surface area contributed by atoms with Crippen LogP contribution in [0.2, 0.25) is 0 Å². The first-order valence-corrected chi connectivity index (χ1v) is 7.53. The zero-order valence-electron chi connectivity index (χ0n) is 11.7. The van der Waals surface area contributed by atoms with E-state index in [1.165, 1.54) is 0 Å². The molecule has 1 heterocycles. The Bertz CT molecular complexity index is 560. The van der Waals surface area contributed by atoms with E-state index in [4.69, 9.17) is 27.4 Å². The van der Waals surface area contributed by atoms with Crippen LogP contribution in [-0.4, -0.2) is 41.1 Å². The highest BCUT2D eigenvalue weighted by atomic mass is 32.1. The molecule has 21 heavy (non-hydrogen) atoms. The van der Waals surface area contributed by atoms with Crippen LogP contribution in [0.1, 0.15) is 19.3 Å². The van der Waals surface area contributed by atoms with Crippen LogP contribution in [0.5, 0.6) is 11.5 Å². The number of thiocarbonyl (C=S) groups is 1. The van der Waals surface area contributed by atoms with Crippen LogP contribution in [0.15, 0.2) is 24.3 Å². The molecule has 0 aromatic heterocycles. The number of nitrogens with zero attached hydrogens (tertiary/aromatic N) is 1. The van der Waals surface area contributed by atoms with Gasteiger partial charge in [0.1, 0.15) is 6.61 Å². The predicted molar refractivity (Wildman–Crippen MR) is 82.5 cm³/mol. The number of hydrogen-bond donors (Lipinski definition) is 1. The molecule has 1 amide bonds. The fourth-order valence-corrected chi connectivity index (χ4v) is 2.51. The molecule has 2 aliphatic rings. The number of fused-ring (bicyclic) bond motifs is 1. The number of nitrogens with two attached hydrogens (primary N) is 1. The van der Waals surface area contributed by atoms with Crippen molar-refractivity contribution in [1.29, 1.82) is 0 Å². The van der Waals surface area contributed by atoms with E-state index in [0.717, 1.165) is 12.8 Å². The molecule has 0 spiro atoms. The number of para-hydroxylation sites is 2. The summed E-state index contributed by atoms with van der Waals surface area (Å²) in [5, 5.41) is 0. The standard InChI is InChI=1S/C15H18N2O3S/c16-14(21)7-8-17(10-5-6-10)15(18)13-9-19-11-3-1-2-4-12(11)20-13/h1-4,10,13H,5-9H2,(H2,16,21). The number of rotatable bonds is 5. The minimum atomic E-state index is -0.591. The Morgan fingerprint density at radius 3 is 2.71 bits per heavy atom. The van der Waals surface area contributed by atoms with E-state index in [1.807, 2.05) is 29.2 Å². The summed E-state index contributed by atoms with van der Waals surface area (Å²) in [5.74, 6) is 1.26. The van der Waals surface area contributed by atoms with Crippen LogP contribution in [0.25, 0.3) is 0 Å². The number of carbonyl (C=O) groups excluding carboxylic acids is 1. The zero-order valence-corrected chi connectivity index (χ0v) is 12.5. The molecule has 1 aliphatic carbocycles. The van der Waals surface area contributed by atoms with E-state index in [2.05, 4.69) is 0 Å². The largest absolute Gasteiger partial charge is 0.485 e. The van der Waals surface area contributed by atoms with E-state index < -0.39 is 6.10 Å². The van der Waals surface area contributed by atoms with E-state index in [0.29, 0.717) is 35.5 Å². The summed E-state index contributed by atoms with van der Waals surface area (Å²) in [6.45, 7) is 0.798. The third-order valence-electron chi connectivity index (χ3n) is 3.65. The summed E-state index contributed by atoms with van der Waals surface area (Å²) < 4.78 is 11.4. The van der Waals surface area contributed by atoms with Crippen molar-refractivity contribution in [2.75, 3.05) is 13.2 Å². The summed E-state index contributed by atoms with van der Waals surface area (Å²) in [6, 6.07) is 7.68. The van der Waals surface area contributed by atoms with Gasteiger partial charge in [0.05, 0.1) is 4.99 Å². The lowest BCUT2D eigenvalue weighted by Gasteiger charge is -2.30. The molecule has 1 saturated carbocycles. The van der Waals surface area contributed by atoms with E-state index in [1.54, 1.807) is 0 Å². The van der Waals surface area contributed by atoms with Gasteiger partial charge in [0.15, 0.2) is 11.5 Å². The maximum atomic E-state index is 12.6. The maximum Gasteiger partial charge on any atom is 0.267 e. The number of benzene rings is 1. The fourth-order valence-electron chi connectivity index (χ4n) is 2.42. The molecule has 1 aromatic carbocycles. The zero-order chi connectivity index (χ0) is 14.8. The van der Waals surface area contributed by atoms with Crippen molar-refractivity contribution in [3.05, 3.63) is 24.3 Å². The molecule has 1 atom stereocenters. The lowest BCUT2D eigenvalue weighted by molar-refractivity contribution is -0.141. The number of amides is 1. The molecule has 0 radical (unpaired) electrons. The van der Waals surface area contributed by atoms with Gasteiger partial charge in [0.25, 0.3) is 5.91 Å². The van der Waals surface area contributed by atoms with Gasteiger partial charge in [0, 0.05) is 19.0 Å². The van der Waals surface area contributed by atoms with Gasteiger partial charge in [-0.25, -0.2) is 0 Å². The predicted octanol–water partition coefficient (Wildman–Crippen LogP) is 1.49. The molecule has 1 aliphatic heterocycles. The Morgan fingerprint density at radius 1 is 1.33 bits per heavy atom. The van der Waals surface area contributed by atoms with Gasteiger partial charge in [-0.15, -0.1) is 0 Å². The van der Waals surface area contributed by atoms with Gasteiger partial charge in [-0.05, 0) is 25.0 Å². The topological polar surface area (TPSA) is 64.8 Å². The van der Waals surface area contributed by atoms with Crippen molar-refractivity contribution in [3.8, 4) is 11.5 Å². The Balaban J connectivity index is 1.68. The van der Waals surface area contributed by atoms with E-state index in [-0.39, 0.29) is 12.5 Å². The third-order valence-corrected chi connectivity index (χ3v) is 3.86. The normalized spacial score (nSPS) is 19.9. The first-order chi connectivity index (χ1) is 10.1. The molecular weight excluding hydrogens is 288 g/mol. The molecule has 1 aromatic rings. The Hall–Kier alpha value is -1.82. The second-order valence-electron chi connectivity index (χ2n) is 5.34. The second-order valence-corrected chi connectivity index (χ2v) is 5.87. The second kappa shape index (κ2) is 5.89. The fraction of sp³-hybridized carbons (Fsp3) is 0.467. The molecule has 6 heteroatoms. The van der Waals surface area contributed by atoms with Crippen molar-refractivity contribution in [1.82, 2.24) is 4.90 Å². The van der Waals surface area contributed by atoms with Crippen molar-refractivity contribution in [3.63, 3.8) is 0 Å². The Kier molecular flexibility index (Phi) is 3.96. The third kappa shape index (κ3) is 3.26. The molecule has 3 rings (SSSR count). The summed E-state index contributed by atoms with van der Waals surface area (Å²) in [7, 11) is 0. The Morgan fingerprint density at radius 2 is 2.05 bits per heavy atom. The molecule has 1 unspecified atom stereocenters. The number of hydrogen-bond acceptors (Lipinski definition) is 4. The molecule has 112 valence electrons. The first kappa shape index (κ1) is 14.1. The highest BCUT2D eigenvalue weighted by Crippen LogP contribution is 2.33. The summed E-state index contributed by atoms with van der Waals surface area (Å²) >= 11 is 4.90. The smallest absolute Gasteiger partial charge is 0.267 e. The lowest BCUT2D eigenvalue weighted by atomic mass is 10.2. The molecular formula is C15H18N2O3S. The summed E-state index contributed by atoms with van der Waals surface area (Å²) in [4.78, 5) is 14.9. The van der Waals surface area contributed by atoms with Crippen molar-refractivity contribution in [2.45, 2.75) is 31.4 Å². The molecule has 1 fully saturated rings. The SMILES string of the molecule is NC(=S)CCN(C(=O)C1COc2ccccc2O1)C1CC1. The molecule has 5 nitrogen and oxygen atoms in total. The van der Waals surface area contributed by atoms with Gasteiger partial charge in [-0.1, -0.05) is 24.4 Å². The van der Waals surface area contributed by atoms with Crippen LogP contribution in [0.4, 0.5) is 0 Å². The van der Waals surface area contributed by atoms with Crippen LogP contribution in [-0.2, 0) is 4.79 Å². The highest BCUT2D eigenvalue weighted by molar-refractivity contribution is 7.80. The van der Waals surface area contributed by atoms with Crippen molar-refractivity contribution in [2.24, 2.45) is 5.73 Å². The van der Waals surface area contributed by atoms with E-state index >= 15 is 0 Å². The van der Waals surface area contributed by atoms with Crippen molar-refractivity contribution < 1.29 is 14.3 Å². The molecule has 0 saturated heterocycles. The van der Waals surface area contributed by atoms with Gasteiger partial charge >= 0.3 is 0 Å². The van der Waals surface area contributed by atoms with Crippen LogP contribution in [0, 0.1) is 0 Å². The average Bonchev–Trinajstić information content (AvgIpc) is 3.31. The maximum absolute atomic E-state index is 12.6. The minimum Gasteiger partial charge on any atom is -0.485 e. The van der Waals surface area contributed by atoms with Crippen LogP contribution in [0.3, 0.4) is 0 Å². The van der Waals surface area contributed by atoms with Gasteiger partial charge in [-0.3, -0.25) is 4.79 Å². The Labute approximate surface area is 129 Å². The van der Waals surface area contributed by atoms with E-state index in [9.17, 15) is 4.79 Å². The van der Waals surface area contributed by atoms with Crippen LogP contribution >= 0.6 is 12.2 Å². The van der Waals surface area contributed by atoms with Crippen LogP contribution < -0.4 is 15.2 Å². The van der Waals surface area contributed by atoms with Gasteiger partial charge in [0.2, 0.25) is 6.10 Å².